The van der Waals surface area contributed by atoms with E-state index in [0.29, 0.717) is 5.92 Å². The summed E-state index contributed by atoms with van der Waals surface area (Å²) in [6.07, 6.45) is 6.12. The monoisotopic (exact) mass is 352 g/mol. The van der Waals surface area contributed by atoms with Crippen molar-refractivity contribution in [3.63, 3.8) is 0 Å². The van der Waals surface area contributed by atoms with Crippen molar-refractivity contribution in [3.8, 4) is 11.1 Å². The lowest BCUT2D eigenvalue weighted by atomic mass is 9.79. The van der Waals surface area contributed by atoms with Crippen molar-refractivity contribution in [2.24, 2.45) is 0 Å². The molecule has 1 unspecified atom stereocenters. The summed E-state index contributed by atoms with van der Waals surface area (Å²) in [5.41, 5.74) is 8.86. The van der Waals surface area contributed by atoms with Gasteiger partial charge in [-0.15, -0.1) is 0 Å². The molecule has 0 saturated carbocycles. The van der Waals surface area contributed by atoms with Crippen molar-refractivity contribution >= 4 is 0 Å². The first-order valence-corrected chi connectivity index (χ1v) is 10.2. The minimum atomic E-state index is 0.699. The fraction of sp³-hybridized carbons (Fsp3) is 0.259. The molecule has 0 saturated heterocycles. The molecule has 0 heterocycles. The van der Waals surface area contributed by atoms with Gasteiger partial charge < -0.3 is 0 Å². The Morgan fingerprint density at radius 3 is 2.04 bits per heavy atom. The van der Waals surface area contributed by atoms with E-state index in [2.05, 4.69) is 91.9 Å². The summed E-state index contributed by atoms with van der Waals surface area (Å²) in [7, 11) is 0. The maximum absolute atomic E-state index is 2.34. The lowest BCUT2D eigenvalue weighted by Crippen LogP contribution is -2.09. The number of hydrogen-bond donors (Lipinski definition) is 0. The molecule has 0 heteroatoms. The number of allylic oxidation sites excluding steroid dienone is 2. The van der Waals surface area contributed by atoms with Crippen LogP contribution in [0.15, 0.2) is 96.1 Å². The van der Waals surface area contributed by atoms with E-state index in [1.54, 1.807) is 11.1 Å². The molecule has 0 aliphatic heterocycles. The maximum atomic E-state index is 2.34. The van der Waals surface area contributed by atoms with E-state index in [9.17, 15) is 0 Å². The van der Waals surface area contributed by atoms with Gasteiger partial charge in [-0.3, -0.25) is 0 Å². The first kappa shape index (κ1) is 17.8. The van der Waals surface area contributed by atoms with Crippen molar-refractivity contribution in [2.75, 3.05) is 0 Å². The molecule has 1 aliphatic carbocycles. The first-order valence-electron chi connectivity index (χ1n) is 10.2. The molecule has 0 aromatic heterocycles. The Hall–Kier alpha value is -2.60. The summed E-state index contributed by atoms with van der Waals surface area (Å²) >= 11 is 0. The van der Waals surface area contributed by atoms with Gasteiger partial charge in [-0.05, 0) is 67.2 Å². The lowest BCUT2D eigenvalue weighted by molar-refractivity contribution is 0.561. The highest BCUT2D eigenvalue weighted by Crippen LogP contribution is 2.37. The second kappa shape index (κ2) is 8.39. The molecule has 1 atom stereocenters. The van der Waals surface area contributed by atoms with Crippen molar-refractivity contribution in [2.45, 2.75) is 44.9 Å². The van der Waals surface area contributed by atoms with Crippen LogP contribution in [0.2, 0.25) is 0 Å². The zero-order valence-electron chi connectivity index (χ0n) is 16.2. The van der Waals surface area contributed by atoms with Crippen molar-refractivity contribution < 1.29 is 0 Å². The summed E-state index contributed by atoms with van der Waals surface area (Å²) in [5.74, 6) is 0.699. The summed E-state index contributed by atoms with van der Waals surface area (Å²) in [5, 5.41) is 0. The van der Waals surface area contributed by atoms with Crippen LogP contribution in [0, 0.1) is 0 Å². The highest BCUT2D eigenvalue weighted by atomic mass is 14.2. The van der Waals surface area contributed by atoms with E-state index in [-0.39, 0.29) is 0 Å². The quantitative estimate of drug-likeness (QED) is 0.415. The molecule has 3 aromatic carbocycles. The van der Waals surface area contributed by atoms with Crippen LogP contribution in [0.3, 0.4) is 0 Å². The van der Waals surface area contributed by atoms with E-state index >= 15 is 0 Å². The normalized spacial score (nSPS) is 17.1. The second-order valence-corrected chi connectivity index (χ2v) is 7.80. The van der Waals surface area contributed by atoms with Crippen LogP contribution >= 0.6 is 0 Å². The zero-order valence-corrected chi connectivity index (χ0v) is 16.2. The van der Waals surface area contributed by atoms with Gasteiger partial charge in [0.1, 0.15) is 0 Å². The number of rotatable bonds is 5. The van der Waals surface area contributed by atoms with E-state index in [0.717, 1.165) is 6.42 Å². The maximum Gasteiger partial charge on any atom is -0.0122 e. The minimum absolute atomic E-state index is 0.699. The van der Waals surface area contributed by atoms with Gasteiger partial charge in [-0.2, -0.15) is 0 Å². The molecule has 0 spiro atoms. The Morgan fingerprint density at radius 1 is 0.704 bits per heavy atom. The van der Waals surface area contributed by atoms with Gasteiger partial charge in [-0.25, -0.2) is 0 Å². The Balaban J connectivity index is 1.40. The summed E-state index contributed by atoms with van der Waals surface area (Å²) in [6.45, 7) is 2.34. The lowest BCUT2D eigenvalue weighted by Gasteiger charge is -2.26. The molecule has 0 radical (unpaired) electrons. The van der Waals surface area contributed by atoms with Gasteiger partial charge in [0, 0.05) is 0 Å². The van der Waals surface area contributed by atoms with Gasteiger partial charge in [-0.1, -0.05) is 96.1 Å². The van der Waals surface area contributed by atoms with Gasteiger partial charge >= 0.3 is 0 Å². The van der Waals surface area contributed by atoms with Crippen molar-refractivity contribution in [1.29, 1.82) is 0 Å². The van der Waals surface area contributed by atoms with E-state index < -0.39 is 0 Å². The molecule has 136 valence electrons. The number of aryl methyl sites for hydroxylation is 1. The Labute approximate surface area is 163 Å². The Bertz CT molecular complexity index is 886. The standard InChI is InChI=1S/C27H28/c1-21-12-16-27(24-10-6-3-7-11-24)20-26(21)19-15-22-13-17-25(18-14-22)23-8-4-2-5-9-23/h2-11,13-14,17-18,27H,12,15-16,19-20H2,1H3. The number of hydrogen-bond acceptors (Lipinski definition) is 0. The van der Waals surface area contributed by atoms with Crippen LogP contribution < -0.4 is 0 Å². The third-order valence-electron chi connectivity index (χ3n) is 6.01. The zero-order chi connectivity index (χ0) is 18.5. The molecule has 0 nitrogen and oxygen atoms in total. The summed E-state index contributed by atoms with van der Waals surface area (Å²) < 4.78 is 0. The van der Waals surface area contributed by atoms with Gasteiger partial charge in [0.05, 0.1) is 0 Å². The van der Waals surface area contributed by atoms with Gasteiger partial charge in [0.15, 0.2) is 0 Å². The SMILES string of the molecule is CC1=C(CCc2ccc(-c3ccccc3)cc2)CC(c2ccccc2)CC1. The third kappa shape index (κ3) is 4.39. The molecule has 27 heavy (non-hydrogen) atoms. The van der Waals surface area contributed by atoms with Crippen molar-refractivity contribution in [1.82, 2.24) is 0 Å². The van der Waals surface area contributed by atoms with E-state index in [1.807, 2.05) is 0 Å². The second-order valence-electron chi connectivity index (χ2n) is 7.80. The highest BCUT2D eigenvalue weighted by molar-refractivity contribution is 5.63. The van der Waals surface area contributed by atoms with Crippen LogP contribution in [0.1, 0.15) is 49.7 Å². The molecule has 0 fully saturated rings. The summed E-state index contributed by atoms with van der Waals surface area (Å²) in [6, 6.07) is 30.8. The van der Waals surface area contributed by atoms with Gasteiger partial charge in [0.2, 0.25) is 0 Å². The third-order valence-corrected chi connectivity index (χ3v) is 6.01. The first-order chi connectivity index (χ1) is 13.3. The van der Waals surface area contributed by atoms with Crippen LogP contribution in [-0.2, 0) is 6.42 Å². The van der Waals surface area contributed by atoms with Gasteiger partial charge in [0.25, 0.3) is 0 Å². The largest absolute Gasteiger partial charge is 0.0741 e. The van der Waals surface area contributed by atoms with Crippen LogP contribution in [0.4, 0.5) is 0 Å². The Morgan fingerprint density at radius 2 is 1.33 bits per heavy atom. The average molecular weight is 353 g/mol. The predicted octanol–water partition coefficient (Wildman–Crippen LogP) is 7.57. The molecular formula is C27H28. The van der Waals surface area contributed by atoms with Crippen LogP contribution in [0.25, 0.3) is 11.1 Å². The molecule has 1 aliphatic rings. The van der Waals surface area contributed by atoms with E-state index in [4.69, 9.17) is 0 Å². The summed E-state index contributed by atoms with van der Waals surface area (Å²) in [4.78, 5) is 0. The predicted molar refractivity (Wildman–Crippen MR) is 116 cm³/mol. The fourth-order valence-corrected chi connectivity index (χ4v) is 4.26. The topological polar surface area (TPSA) is 0 Å². The van der Waals surface area contributed by atoms with Crippen LogP contribution in [-0.4, -0.2) is 0 Å². The fourth-order valence-electron chi connectivity index (χ4n) is 4.26. The minimum Gasteiger partial charge on any atom is -0.0741 e. The highest BCUT2D eigenvalue weighted by Gasteiger charge is 2.20. The molecule has 3 aromatic rings. The number of benzene rings is 3. The molecule has 4 rings (SSSR count). The smallest absolute Gasteiger partial charge is 0.0122 e. The van der Waals surface area contributed by atoms with Crippen molar-refractivity contribution in [3.05, 3.63) is 107 Å². The van der Waals surface area contributed by atoms with E-state index in [1.165, 1.54) is 47.9 Å². The average Bonchev–Trinajstić information content (AvgIpc) is 2.75. The molecule has 0 bridgehead atoms. The molecule has 0 N–H and O–H groups in total. The molecule has 0 amide bonds. The van der Waals surface area contributed by atoms with Crippen LogP contribution in [0.5, 0.6) is 0 Å². The Kier molecular flexibility index (Phi) is 5.53. The molecular weight excluding hydrogens is 324 g/mol.